The Balaban J connectivity index is 1.55. The number of guanidine groups is 1. The van der Waals surface area contributed by atoms with E-state index in [4.69, 9.17) is 18.9 Å². The van der Waals surface area contributed by atoms with E-state index < -0.39 is 6.61 Å². The van der Waals surface area contributed by atoms with Gasteiger partial charge in [-0.1, -0.05) is 12.1 Å². The van der Waals surface area contributed by atoms with Gasteiger partial charge in [0.15, 0.2) is 17.5 Å². The van der Waals surface area contributed by atoms with Gasteiger partial charge in [-0.2, -0.15) is 8.78 Å². The van der Waals surface area contributed by atoms with Gasteiger partial charge in [-0.05, 0) is 23.8 Å². The summed E-state index contributed by atoms with van der Waals surface area (Å²) in [5.41, 5.74) is 1.51. The van der Waals surface area contributed by atoms with E-state index in [1.165, 1.54) is 6.07 Å². The van der Waals surface area contributed by atoms with Crippen molar-refractivity contribution in [3.05, 3.63) is 47.5 Å². The van der Waals surface area contributed by atoms with Gasteiger partial charge < -0.3 is 34.3 Å². The van der Waals surface area contributed by atoms with E-state index in [0.717, 1.165) is 11.3 Å². The highest BCUT2D eigenvalue weighted by molar-refractivity contribution is 5.79. The van der Waals surface area contributed by atoms with Crippen LogP contribution in [0.5, 0.6) is 23.0 Å². The molecule has 0 saturated carbocycles. The minimum absolute atomic E-state index is 0.0197. The lowest BCUT2D eigenvalue weighted by molar-refractivity contribution is -0.0505. The Morgan fingerprint density at radius 2 is 1.77 bits per heavy atom. The molecule has 1 aliphatic rings. The first kappa shape index (κ1) is 22.4. The Morgan fingerprint density at radius 1 is 1.06 bits per heavy atom. The van der Waals surface area contributed by atoms with Gasteiger partial charge >= 0.3 is 6.61 Å². The molecule has 2 aromatic rings. The average molecular weight is 437 g/mol. The highest BCUT2D eigenvalue weighted by atomic mass is 19.3. The molecule has 2 aromatic carbocycles. The molecule has 0 saturated heterocycles. The van der Waals surface area contributed by atoms with Crippen LogP contribution >= 0.6 is 0 Å². The molecule has 168 valence electrons. The zero-order valence-electron chi connectivity index (χ0n) is 17.3. The highest BCUT2D eigenvalue weighted by Crippen LogP contribution is 2.38. The van der Waals surface area contributed by atoms with Gasteiger partial charge in [0.2, 0.25) is 6.79 Å². The Labute approximate surface area is 179 Å². The van der Waals surface area contributed by atoms with E-state index in [0.29, 0.717) is 42.8 Å². The zero-order chi connectivity index (χ0) is 22.1. The van der Waals surface area contributed by atoms with Gasteiger partial charge in [0.25, 0.3) is 0 Å². The van der Waals surface area contributed by atoms with Crippen molar-refractivity contribution in [3.8, 4) is 23.0 Å². The Hall–Kier alpha value is -3.27. The number of hydrogen-bond acceptors (Lipinski definition) is 6. The predicted octanol–water partition coefficient (Wildman–Crippen LogP) is 2.91. The number of alkyl halides is 2. The lowest BCUT2D eigenvalue weighted by atomic mass is 10.1. The number of hydrogen-bond donors (Lipinski definition) is 2. The second-order valence-electron chi connectivity index (χ2n) is 6.46. The maximum atomic E-state index is 12.8. The monoisotopic (exact) mass is 437 g/mol. The molecule has 0 fully saturated rings. The smallest absolute Gasteiger partial charge is 0.387 e. The molecule has 0 atom stereocenters. The molecule has 0 spiro atoms. The van der Waals surface area contributed by atoms with Crippen molar-refractivity contribution in [2.24, 2.45) is 4.99 Å². The van der Waals surface area contributed by atoms with Gasteiger partial charge in [0.1, 0.15) is 18.1 Å². The van der Waals surface area contributed by atoms with Gasteiger partial charge in [-0.3, -0.25) is 4.99 Å². The summed E-state index contributed by atoms with van der Waals surface area (Å²) in [6.07, 6.45) is 0. The lowest BCUT2D eigenvalue weighted by Crippen LogP contribution is -2.36. The van der Waals surface area contributed by atoms with E-state index >= 15 is 0 Å². The summed E-state index contributed by atoms with van der Waals surface area (Å²) in [6, 6.07) is 10.6. The highest BCUT2D eigenvalue weighted by Gasteiger charge is 2.20. The molecule has 0 radical (unpaired) electrons. The number of methoxy groups -OCH3 is 1. The number of benzene rings is 2. The van der Waals surface area contributed by atoms with Gasteiger partial charge in [0, 0.05) is 38.9 Å². The van der Waals surface area contributed by atoms with Crippen LogP contribution < -0.4 is 29.6 Å². The molecular weight excluding hydrogens is 412 g/mol. The van der Waals surface area contributed by atoms with Crippen LogP contribution in [0.25, 0.3) is 0 Å². The molecule has 0 bridgehead atoms. The minimum atomic E-state index is -2.95. The van der Waals surface area contributed by atoms with E-state index in [9.17, 15) is 8.78 Å². The molecule has 1 aliphatic heterocycles. The number of rotatable bonds is 10. The normalized spacial score (nSPS) is 12.7. The van der Waals surface area contributed by atoms with Gasteiger partial charge in [-0.25, -0.2) is 0 Å². The Bertz CT molecular complexity index is 878. The molecule has 8 nitrogen and oxygen atoms in total. The van der Waals surface area contributed by atoms with Gasteiger partial charge in [-0.15, -0.1) is 0 Å². The van der Waals surface area contributed by atoms with Crippen molar-refractivity contribution < 1.29 is 32.5 Å². The molecule has 31 heavy (non-hydrogen) atoms. The average Bonchev–Trinajstić information content (AvgIpc) is 3.22. The first-order chi connectivity index (χ1) is 15.1. The van der Waals surface area contributed by atoms with E-state index in [2.05, 4.69) is 20.4 Å². The summed E-state index contributed by atoms with van der Waals surface area (Å²) in [5, 5.41) is 6.26. The van der Waals surface area contributed by atoms with Crippen LogP contribution in [0.4, 0.5) is 8.78 Å². The molecule has 3 rings (SSSR count). The third kappa shape index (κ3) is 6.61. The maximum Gasteiger partial charge on any atom is 0.387 e. The molecule has 0 aliphatic carbocycles. The first-order valence-corrected chi connectivity index (χ1v) is 9.61. The maximum absolute atomic E-state index is 12.8. The Morgan fingerprint density at radius 3 is 2.45 bits per heavy atom. The third-order valence-corrected chi connectivity index (χ3v) is 4.38. The van der Waals surface area contributed by atoms with Crippen molar-refractivity contribution in [2.75, 3.05) is 34.2 Å². The van der Waals surface area contributed by atoms with Crippen molar-refractivity contribution >= 4 is 5.96 Å². The van der Waals surface area contributed by atoms with Crippen LogP contribution in [0.3, 0.4) is 0 Å². The van der Waals surface area contributed by atoms with E-state index in [1.54, 1.807) is 20.2 Å². The Kier molecular flexibility index (Phi) is 8.11. The third-order valence-electron chi connectivity index (χ3n) is 4.38. The quantitative estimate of drug-likeness (QED) is 0.336. The summed E-state index contributed by atoms with van der Waals surface area (Å²) in [7, 11) is 3.25. The van der Waals surface area contributed by atoms with Crippen LogP contribution in [0.2, 0.25) is 0 Å². The molecule has 0 aromatic heterocycles. The summed E-state index contributed by atoms with van der Waals surface area (Å²) in [6.45, 7) is -1.18. The standard InChI is InChI=1S/C21H25F2N3O5/c1-24-21(25-11-14-3-5-16(6-4-14)28-8-7-27-2)26-12-15-9-18-19(30-13-29-18)10-17(15)31-20(22)23/h3-6,9-10,20H,7-8,11-13H2,1-2H3,(H2,24,25,26). The van der Waals surface area contributed by atoms with Gasteiger partial charge in [0.05, 0.1) is 6.61 Å². The topological polar surface area (TPSA) is 82.6 Å². The molecular formula is C21H25F2N3O5. The van der Waals surface area contributed by atoms with E-state index in [1.807, 2.05) is 24.3 Å². The zero-order valence-corrected chi connectivity index (χ0v) is 17.3. The molecule has 0 unspecified atom stereocenters. The second-order valence-corrected chi connectivity index (χ2v) is 6.46. The molecule has 1 heterocycles. The SMILES string of the molecule is CN=C(NCc1ccc(OCCOC)cc1)NCc1cc2c(cc1OC(F)F)OCO2. The fraction of sp³-hybridized carbons (Fsp3) is 0.381. The van der Waals surface area contributed by atoms with Crippen LogP contribution in [-0.4, -0.2) is 46.7 Å². The number of ether oxygens (including phenoxy) is 5. The van der Waals surface area contributed by atoms with Crippen molar-refractivity contribution in [2.45, 2.75) is 19.7 Å². The molecule has 10 heteroatoms. The van der Waals surface area contributed by atoms with Crippen molar-refractivity contribution in [1.82, 2.24) is 10.6 Å². The van der Waals surface area contributed by atoms with Crippen molar-refractivity contribution in [1.29, 1.82) is 0 Å². The second kappa shape index (κ2) is 11.2. The molecule has 0 amide bonds. The fourth-order valence-electron chi connectivity index (χ4n) is 2.84. The first-order valence-electron chi connectivity index (χ1n) is 9.61. The fourth-order valence-corrected chi connectivity index (χ4v) is 2.84. The van der Waals surface area contributed by atoms with Crippen LogP contribution in [-0.2, 0) is 17.8 Å². The summed E-state index contributed by atoms with van der Waals surface area (Å²) in [4.78, 5) is 4.16. The minimum Gasteiger partial charge on any atom is -0.491 e. The predicted molar refractivity (Wildman–Crippen MR) is 110 cm³/mol. The summed E-state index contributed by atoms with van der Waals surface area (Å²) < 4.78 is 51.2. The number of aliphatic imine (C=N–C) groups is 1. The van der Waals surface area contributed by atoms with Crippen LogP contribution in [0.1, 0.15) is 11.1 Å². The number of nitrogens with one attached hydrogen (secondary N) is 2. The number of halogens is 2. The van der Waals surface area contributed by atoms with Crippen molar-refractivity contribution in [3.63, 3.8) is 0 Å². The summed E-state index contributed by atoms with van der Waals surface area (Å²) in [5.74, 6) is 2.13. The largest absolute Gasteiger partial charge is 0.491 e. The van der Waals surface area contributed by atoms with Crippen LogP contribution in [0.15, 0.2) is 41.4 Å². The lowest BCUT2D eigenvalue weighted by Gasteiger charge is -2.15. The summed E-state index contributed by atoms with van der Waals surface area (Å²) >= 11 is 0. The number of fused-ring (bicyclic) bond motifs is 1. The van der Waals surface area contributed by atoms with Crippen LogP contribution in [0, 0.1) is 0 Å². The van der Waals surface area contributed by atoms with E-state index in [-0.39, 0.29) is 19.1 Å². The number of nitrogens with zero attached hydrogens (tertiary/aromatic N) is 1. The molecule has 2 N–H and O–H groups in total.